The van der Waals surface area contributed by atoms with E-state index in [1.165, 1.54) is 5.56 Å². The van der Waals surface area contributed by atoms with E-state index in [1.807, 2.05) is 25.1 Å². The molecule has 2 heteroatoms. The Hall–Kier alpha value is -0.860. The summed E-state index contributed by atoms with van der Waals surface area (Å²) in [5.41, 5.74) is 12.8. The summed E-state index contributed by atoms with van der Waals surface area (Å²) < 4.78 is 0. The molecule has 2 nitrogen and oxygen atoms in total. The fourth-order valence-corrected chi connectivity index (χ4v) is 1.31. The molecule has 2 unspecified atom stereocenters. The molecule has 0 heterocycles. The third kappa shape index (κ3) is 3.57. The molecule has 0 aliphatic carbocycles. The second-order valence-electron chi connectivity index (χ2n) is 3.57. The summed E-state index contributed by atoms with van der Waals surface area (Å²) in [5, 5.41) is 0. The van der Waals surface area contributed by atoms with Crippen molar-refractivity contribution in [1.29, 1.82) is 0 Å². The second-order valence-corrected chi connectivity index (χ2v) is 3.57. The van der Waals surface area contributed by atoms with Gasteiger partial charge >= 0.3 is 0 Å². The van der Waals surface area contributed by atoms with Crippen LogP contribution in [0.4, 0.5) is 0 Å². The average molecular weight is 178 g/mol. The molecular weight excluding hydrogens is 160 g/mol. The Kier molecular flexibility index (Phi) is 3.93. The van der Waals surface area contributed by atoms with Crippen LogP contribution in [0.1, 0.15) is 31.4 Å². The minimum Gasteiger partial charge on any atom is -0.328 e. The first-order chi connectivity index (χ1) is 6.20. The van der Waals surface area contributed by atoms with Crippen molar-refractivity contribution in [2.45, 2.75) is 31.8 Å². The fourth-order valence-electron chi connectivity index (χ4n) is 1.31. The molecule has 0 aromatic heterocycles. The highest BCUT2D eigenvalue weighted by atomic mass is 14.6. The van der Waals surface area contributed by atoms with Gasteiger partial charge in [-0.2, -0.15) is 0 Å². The van der Waals surface area contributed by atoms with Gasteiger partial charge in [0.1, 0.15) is 0 Å². The van der Waals surface area contributed by atoms with Gasteiger partial charge in [-0.25, -0.2) is 0 Å². The number of nitrogens with two attached hydrogens (primary N) is 2. The van der Waals surface area contributed by atoms with Gasteiger partial charge in [0.15, 0.2) is 0 Å². The molecule has 13 heavy (non-hydrogen) atoms. The molecule has 0 amide bonds. The first kappa shape index (κ1) is 10.2. The van der Waals surface area contributed by atoms with Crippen molar-refractivity contribution in [3.63, 3.8) is 0 Å². The van der Waals surface area contributed by atoms with Crippen LogP contribution in [0.3, 0.4) is 0 Å². The Balaban J connectivity index is 2.44. The van der Waals surface area contributed by atoms with E-state index in [9.17, 15) is 0 Å². The summed E-state index contributed by atoms with van der Waals surface area (Å²) in [4.78, 5) is 0. The molecule has 0 saturated carbocycles. The van der Waals surface area contributed by atoms with Crippen molar-refractivity contribution in [1.82, 2.24) is 0 Å². The zero-order valence-electron chi connectivity index (χ0n) is 8.11. The molecular formula is C11H18N2. The van der Waals surface area contributed by atoms with Crippen molar-refractivity contribution in [2.75, 3.05) is 0 Å². The first-order valence-corrected chi connectivity index (χ1v) is 4.76. The van der Waals surface area contributed by atoms with Gasteiger partial charge < -0.3 is 11.5 Å². The molecule has 4 N–H and O–H groups in total. The van der Waals surface area contributed by atoms with Crippen molar-refractivity contribution in [3.8, 4) is 0 Å². The van der Waals surface area contributed by atoms with E-state index >= 15 is 0 Å². The number of hydrogen-bond donors (Lipinski definition) is 2. The van der Waals surface area contributed by atoms with E-state index in [4.69, 9.17) is 11.5 Å². The zero-order valence-corrected chi connectivity index (χ0v) is 8.11. The third-order valence-electron chi connectivity index (χ3n) is 2.16. The molecule has 0 spiro atoms. The fraction of sp³-hybridized carbons (Fsp3) is 0.455. The monoisotopic (exact) mass is 178 g/mol. The molecule has 0 fully saturated rings. The van der Waals surface area contributed by atoms with Crippen LogP contribution in [0.25, 0.3) is 0 Å². The van der Waals surface area contributed by atoms with Crippen LogP contribution >= 0.6 is 0 Å². The maximum Gasteiger partial charge on any atom is 0.0295 e. The Morgan fingerprint density at radius 2 is 1.69 bits per heavy atom. The van der Waals surface area contributed by atoms with Crippen LogP contribution < -0.4 is 11.5 Å². The largest absolute Gasteiger partial charge is 0.328 e. The van der Waals surface area contributed by atoms with Gasteiger partial charge in [0, 0.05) is 12.1 Å². The first-order valence-electron chi connectivity index (χ1n) is 4.76. The summed E-state index contributed by atoms with van der Waals surface area (Å²) >= 11 is 0. The third-order valence-corrected chi connectivity index (χ3v) is 2.16. The predicted octanol–water partition coefficient (Wildman–Crippen LogP) is 1.81. The number of rotatable bonds is 4. The van der Waals surface area contributed by atoms with E-state index in [2.05, 4.69) is 12.1 Å². The lowest BCUT2D eigenvalue weighted by molar-refractivity contribution is 0.555. The van der Waals surface area contributed by atoms with Gasteiger partial charge in [0.25, 0.3) is 0 Å². The number of benzene rings is 1. The Morgan fingerprint density at radius 1 is 1.08 bits per heavy atom. The van der Waals surface area contributed by atoms with E-state index in [0.29, 0.717) is 0 Å². The van der Waals surface area contributed by atoms with Crippen molar-refractivity contribution in [2.24, 2.45) is 11.5 Å². The zero-order chi connectivity index (χ0) is 9.68. The molecule has 0 aliphatic rings. The normalized spacial score (nSPS) is 15.3. The predicted molar refractivity (Wildman–Crippen MR) is 56.3 cm³/mol. The van der Waals surface area contributed by atoms with Crippen molar-refractivity contribution >= 4 is 0 Å². The molecule has 1 aromatic carbocycles. The Bertz CT molecular complexity index is 231. The molecule has 0 bridgehead atoms. The van der Waals surface area contributed by atoms with Crippen molar-refractivity contribution in [3.05, 3.63) is 35.9 Å². The molecule has 1 aromatic rings. The van der Waals surface area contributed by atoms with Crippen LogP contribution in [0, 0.1) is 0 Å². The van der Waals surface area contributed by atoms with E-state index in [-0.39, 0.29) is 12.1 Å². The van der Waals surface area contributed by atoms with Crippen LogP contribution in [0.5, 0.6) is 0 Å². The van der Waals surface area contributed by atoms with E-state index in [0.717, 1.165) is 12.8 Å². The maximum absolute atomic E-state index is 5.99. The Morgan fingerprint density at radius 3 is 2.23 bits per heavy atom. The lowest BCUT2D eigenvalue weighted by Crippen LogP contribution is -2.18. The summed E-state index contributed by atoms with van der Waals surface area (Å²) in [6.07, 6.45) is 1.94. The lowest BCUT2D eigenvalue weighted by Gasteiger charge is -2.12. The summed E-state index contributed by atoms with van der Waals surface area (Å²) in [6, 6.07) is 10.5. The minimum absolute atomic E-state index is 0.132. The van der Waals surface area contributed by atoms with Gasteiger partial charge in [0.05, 0.1) is 0 Å². The highest BCUT2D eigenvalue weighted by molar-refractivity contribution is 5.18. The molecule has 0 saturated heterocycles. The maximum atomic E-state index is 5.99. The van der Waals surface area contributed by atoms with Gasteiger partial charge in [-0.1, -0.05) is 30.3 Å². The highest BCUT2D eigenvalue weighted by Gasteiger charge is 2.05. The SMILES string of the molecule is CC(N)CCC(N)c1ccccc1. The van der Waals surface area contributed by atoms with Crippen LogP contribution in [-0.4, -0.2) is 6.04 Å². The molecule has 0 aliphatic heterocycles. The minimum atomic E-state index is 0.132. The Labute approximate surface area is 79.9 Å². The summed E-state index contributed by atoms with van der Waals surface area (Å²) in [6.45, 7) is 2.01. The van der Waals surface area contributed by atoms with Gasteiger partial charge in [-0.3, -0.25) is 0 Å². The summed E-state index contributed by atoms with van der Waals surface area (Å²) in [5.74, 6) is 0. The van der Waals surface area contributed by atoms with Crippen molar-refractivity contribution < 1.29 is 0 Å². The van der Waals surface area contributed by atoms with Gasteiger partial charge in [0.2, 0.25) is 0 Å². The van der Waals surface area contributed by atoms with Gasteiger partial charge in [-0.05, 0) is 25.3 Å². The summed E-state index contributed by atoms with van der Waals surface area (Å²) in [7, 11) is 0. The molecule has 1 rings (SSSR count). The molecule has 0 radical (unpaired) electrons. The highest BCUT2D eigenvalue weighted by Crippen LogP contribution is 2.15. The quantitative estimate of drug-likeness (QED) is 0.738. The topological polar surface area (TPSA) is 52.0 Å². The molecule has 72 valence electrons. The van der Waals surface area contributed by atoms with Crippen LogP contribution in [-0.2, 0) is 0 Å². The smallest absolute Gasteiger partial charge is 0.0295 e. The van der Waals surface area contributed by atoms with E-state index < -0.39 is 0 Å². The van der Waals surface area contributed by atoms with E-state index in [1.54, 1.807) is 0 Å². The lowest BCUT2D eigenvalue weighted by atomic mass is 10.0. The second kappa shape index (κ2) is 5.00. The number of hydrogen-bond acceptors (Lipinski definition) is 2. The molecule has 2 atom stereocenters. The standard InChI is InChI=1S/C11H18N2/c1-9(12)7-8-11(13)10-5-3-2-4-6-10/h2-6,9,11H,7-8,12-13H2,1H3. The van der Waals surface area contributed by atoms with Crippen LogP contribution in [0.15, 0.2) is 30.3 Å². The van der Waals surface area contributed by atoms with Gasteiger partial charge in [-0.15, -0.1) is 0 Å². The van der Waals surface area contributed by atoms with Crippen LogP contribution in [0.2, 0.25) is 0 Å². The average Bonchev–Trinajstić information content (AvgIpc) is 2.15.